The van der Waals surface area contributed by atoms with Crippen LogP contribution < -0.4 is 5.32 Å². The van der Waals surface area contributed by atoms with Crippen LogP contribution in [0.25, 0.3) is 0 Å². The summed E-state index contributed by atoms with van der Waals surface area (Å²) in [5.74, 6) is 0. The molecule has 0 aromatic heterocycles. The zero-order chi connectivity index (χ0) is 12.5. The summed E-state index contributed by atoms with van der Waals surface area (Å²) in [5, 5.41) is 3.69. The highest BCUT2D eigenvalue weighted by molar-refractivity contribution is 5.53. The van der Waals surface area contributed by atoms with Crippen molar-refractivity contribution in [3.8, 4) is 0 Å². The van der Waals surface area contributed by atoms with E-state index < -0.39 is 0 Å². The maximum Gasteiger partial charge on any atom is 0.0519 e. The van der Waals surface area contributed by atoms with Gasteiger partial charge in [-0.3, -0.25) is 0 Å². The molecule has 1 N–H and O–H groups in total. The van der Waals surface area contributed by atoms with E-state index in [1.165, 1.54) is 40.8 Å². The third-order valence-corrected chi connectivity index (χ3v) is 3.85. The van der Waals surface area contributed by atoms with Crippen molar-refractivity contribution in [1.29, 1.82) is 0 Å². The first-order chi connectivity index (χ1) is 8.74. The first-order valence-electron chi connectivity index (χ1n) is 6.65. The van der Waals surface area contributed by atoms with E-state index in [2.05, 4.69) is 61.6 Å². The van der Waals surface area contributed by atoms with Gasteiger partial charge in [0.15, 0.2) is 0 Å². The minimum atomic E-state index is 0.473. The molecular formula is C17H19N. The van der Waals surface area contributed by atoms with Crippen LogP contribution in [0.3, 0.4) is 0 Å². The fraction of sp³-hybridized carbons (Fsp3) is 0.294. The predicted octanol–water partition coefficient (Wildman–Crippen LogP) is 4.40. The van der Waals surface area contributed by atoms with Crippen molar-refractivity contribution in [2.24, 2.45) is 0 Å². The van der Waals surface area contributed by atoms with Crippen LogP contribution in [0.2, 0.25) is 0 Å². The van der Waals surface area contributed by atoms with Gasteiger partial charge in [-0.15, -0.1) is 0 Å². The van der Waals surface area contributed by atoms with Crippen molar-refractivity contribution in [1.82, 2.24) is 0 Å². The molecule has 0 aliphatic heterocycles. The predicted molar refractivity (Wildman–Crippen MR) is 77.0 cm³/mol. The molecule has 2 aromatic rings. The molecule has 0 spiro atoms. The molecular weight excluding hydrogens is 218 g/mol. The normalized spacial score (nSPS) is 17.6. The Morgan fingerprint density at radius 1 is 1.06 bits per heavy atom. The second kappa shape index (κ2) is 4.49. The number of para-hydroxylation sites is 1. The van der Waals surface area contributed by atoms with Crippen LogP contribution in [0.15, 0.2) is 42.5 Å². The highest BCUT2D eigenvalue weighted by atomic mass is 14.9. The molecule has 1 heteroatoms. The van der Waals surface area contributed by atoms with Gasteiger partial charge in [0, 0.05) is 5.69 Å². The van der Waals surface area contributed by atoms with Gasteiger partial charge in [-0.2, -0.15) is 0 Å². The standard InChI is InChI=1S/C17H19N/c1-12-7-8-14-9-10-17(15(14)11-12)18-16-6-4-3-5-13(16)2/h3-8,11,17-18H,9-10H2,1-2H3. The molecule has 0 radical (unpaired) electrons. The SMILES string of the molecule is Cc1ccc2c(c1)C(Nc1ccccc1C)CC2. The smallest absolute Gasteiger partial charge is 0.0519 e. The van der Waals surface area contributed by atoms with Crippen molar-refractivity contribution < 1.29 is 0 Å². The van der Waals surface area contributed by atoms with E-state index >= 15 is 0 Å². The highest BCUT2D eigenvalue weighted by Gasteiger charge is 2.22. The van der Waals surface area contributed by atoms with Crippen LogP contribution in [0.4, 0.5) is 5.69 Å². The average molecular weight is 237 g/mol. The Hall–Kier alpha value is -1.76. The van der Waals surface area contributed by atoms with Crippen molar-refractivity contribution in [3.63, 3.8) is 0 Å². The fourth-order valence-corrected chi connectivity index (χ4v) is 2.79. The second-order valence-corrected chi connectivity index (χ2v) is 5.25. The van der Waals surface area contributed by atoms with Crippen LogP contribution in [-0.2, 0) is 6.42 Å². The summed E-state index contributed by atoms with van der Waals surface area (Å²) in [6.45, 7) is 4.33. The Morgan fingerprint density at radius 2 is 1.89 bits per heavy atom. The molecule has 0 bridgehead atoms. The maximum absolute atomic E-state index is 3.69. The van der Waals surface area contributed by atoms with Gasteiger partial charge in [0.25, 0.3) is 0 Å². The molecule has 1 aliphatic rings. The number of rotatable bonds is 2. The van der Waals surface area contributed by atoms with E-state index in [4.69, 9.17) is 0 Å². The molecule has 2 aromatic carbocycles. The van der Waals surface area contributed by atoms with Gasteiger partial charge >= 0.3 is 0 Å². The highest BCUT2D eigenvalue weighted by Crippen LogP contribution is 2.34. The molecule has 1 aliphatic carbocycles. The summed E-state index contributed by atoms with van der Waals surface area (Å²) in [7, 11) is 0. The molecule has 1 nitrogen and oxygen atoms in total. The monoisotopic (exact) mass is 237 g/mol. The van der Waals surface area contributed by atoms with Crippen molar-refractivity contribution >= 4 is 5.69 Å². The first kappa shape index (κ1) is 11.3. The summed E-state index contributed by atoms with van der Waals surface area (Å²) in [4.78, 5) is 0. The van der Waals surface area contributed by atoms with E-state index in [0.717, 1.165) is 0 Å². The third-order valence-electron chi connectivity index (χ3n) is 3.85. The van der Waals surface area contributed by atoms with Crippen molar-refractivity contribution in [2.45, 2.75) is 32.7 Å². The zero-order valence-electron chi connectivity index (χ0n) is 11.0. The lowest BCUT2D eigenvalue weighted by Gasteiger charge is -2.17. The Bertz CT molecular complexity index is 572. The molecule has 18 heavy (non-hydrogen) atoms. The van der Waals surface area contributed by atoms with E-state index in [0.29, 0.717) is 6.04 Å². The molecule has 3 rings (SSSR count). The molecule has 0 fully saturated rings. The van der Waals surface area contributed by atoms with Crippen LogP contribution in [-0.4, -0.2) is 0 Å². The molecule has 0 amide bonds. The van der Waals surface area contributed by atoms with Gasteiger partial charge in [0.2, 0.25) is 0 Å². The van der Waals surface area contributed by atoms with Gasteiger partial charge < -0.3 is 5.32 Å². The number of anilines is 1. The van der Waals surface area contributed by atoms with Crippen LogP contribution in [0.1, 0.15) is 34.7 Å². The fourth-order valence-electron chi connectivity index (χ4n) is 2.79. The van der Waals surface area contributed by atoms with E-state index in [1.807, 2.05) is 0 Å². The maximum atomic E-state index is 3.69. The number of hydrogen-bond donors (Lipinski definition) is 1. The van der Waals surface area contributed by atoms with Crippen LogP contribution in [0.5, 0.6) is 0 Å². The van der Waals surface area contributed by atoms with Crippen molar-refractivity contribution in [2.75, 3.05) is 5.32 Å². The largest absolute Gasteiger partial charge is 0.378 e. The van der Waals surface area contributed by atoms with Crippen molar-refractivity contribution in [3.05, 3.63) is 64.7 Å². The van der Waals surface area contributed by atoms with E-state index in [9.17, 15) is 0 Å². The minimum Gasteiger partial charge on any atom is -0.378 e. The Labute approximate surface area is 109 Å². The van der Waals surface area contributed by atoms with E-state index in [1.54, 1.807) is 0 Å². The lowest BCUT2D eigenvalue weighted by molar-refractivity contribution is 0.761. The molecule has 0 heterocycles. The molecule has 0 saturated carbocycles. The molecule has 92 valence electrons. The number of aryl methyl sites for hydroxylation is 3. The number of nitrogens with one attached hydrogen (secondary N) is 1. The molecule has 0 saturated heterocycles. The number of hydrogen-bond acceptors (Lipinski definition) is 1. The summed E-state index contributed by atoms with van der Waals surface area (Å²) >= 11 is 0. The number of fused-ring (bicyclic) bond motifs is 1. The lowest BCUT2D eigenvalue weighted by Crippen LogP contribution is -2.08. The molecule has 1 atom stereocenters. The van der Waals surface area contributed by atoms with Crippen LogP contribution >= 0.6 is 0 Å². The Balaban J connectivity index is 1.89. The van der Waals surface area contributed by atoms with E-state index in [-0.39, 0.29) is 0 Å². The Morgan fingerprint density at radius 3 is 2.72 bits per heavy atom. The summed E-state index contributed by atoms with van der Waals surface area (Å²) in [6, 6.07) is 15.8. The zero-order valence-corrected chi connectivity index (χ0v) is 11.0. The minimum absolute atomic E-state index is 0.473. The van der Waals surface area contributed by atoms with Gasteiger partial charge in [0.1, 0.15) is 0 Å². The van der Waals surface area contributed by atoms with Gasteiger partial charge in [-0.1, -0.05) is 42.0 Å². The quantitative estimate of drug-likeness (QED) is 0.816. The third kappa shape index (κ3) is 2.01. The summed E-state index contributed by atoms with van der Waals surface area (Å²) < 4.78 is 0. The average Bonchev–Trinajstić information content (AvgIpc) is 2.75. The van der Waals surface area contributed by atoms with Gasteiger partial charge in [-0.25, -0.2) is 0 Å². The second-order valence-electron chi connectivity index (χ2n) is 5.25. The molecule has 1 unspecified atom stereocenters. The first-order valence-corrected chi connectivity index (χ1v) is 6.65. The summed E-state index contributed by atoms with van der Waals surface area (Å²) in [6.07, 6.45) is 2.40. The lowest BCUT2D eigenvalue weighted by atomic mass is 10.0. The van der Waals surface area contributed by atoms with Gasteiger partial charge in [-0.05, 0) is 49.4 Å². The van der Waals surface area contributed by atoms with Gasteiger partial charge in [0.05, 0.1) is 6.04 Å². The topological polar surface area (TPSA) is 12.0 Å². The summed E-state index contributed by atoms with van der Waals surface area (Å²) in [5.41, 5.74) is 6.92. The number of benzene rings is 2. The van der Waals surface area contributed by atoms with Crippen LogP contribution in [0, 0.1) is 13.8 Å². The Kier molecular flexibility index (Phi) is 2.83.